The molecule has 0 saturated carbocycles. The highest BCUT2D eigenvalue weighted by Gasteiger charge is 2.05. The highest BCUT2D eigenvalue weighted by atomic mass is 127. The molecule has 0 bridgehead atoms. The third kappa shape index (κ3) is 5.69. The molecule has 0 aliphatic heterocycles. The Balaban J connectivity index is 0.00000225. The van der Waals surface area contributed by atoms with Crippen LogP contribution in [0, 0.1) is 0 Å². The summed E-state index contributed by atoms with van der Waals surface area (Å²) in [6, 6.07) is 2.47. The Morgan fingerprint density at radius 3 is 2.69 bits per heavy atom. The van der Waals surface area contributed by atoms with E-state index in [1.807, 2.05) is 13.8 Å². The summed E-state index contributed by atoms with van der Waals surface area (Å²) < 4.78 is 0. The third-order valence-electron chi connectivity index (χ3n) is 2.08. The Kier molecular flexibility index (Phi) is 7.74. The van der Waals surface area contributed by atoms with Crippen molar-refractivity contribution in [2.45, 2.75) is 32.7 Å². The molecule has 92 valence electrons. The van der Waals surface area contributed by atoms with E-state index in [0.717, 1.165) is 6.54 Å². The van der Waals surface area contributed by atoms with E-state index in [9.17, 15) is 0 Å². The first-order chi connectivity index (χ1) is 7.09. The number of aliphatic imine (C=N–C) groups is 1. The van der Waals surface area contributed by atoms with Crippen LogP contribution < -0.4 is 11.1 Å². The van der Waals surface area contributed by atoms with E-state index in [-0.39, 0.29) is 24.0 Å². The number of nitrogens with one attached hydrogen (secondary N) is 1. The number of hydrogen-bond donors (Lipinski definition) is 2. The largest absolute Gasteiger partial charge is 0.370 e. The van der Waals surface area contributed by atoms with Crippen LogP contribution in [-0.4, -0.2) is 18.5 Å². The van der Waals surface area contributed by atoms with Crippen molar-refractivity contribution in [1.82, 2.24) is 5.32 Å². The van der Waals surface area contributed by atoms with Crippen LogP contribution >= 0.6 is 35.3 Å². The minimum absolute atomic E-state index is 0. The SMILES string of the molecule is CC(C)NC(N)=NCC(C)c1ccsc1.I. The van der Waals surface area contributed by atoms with Crippen LogP contribution in [-0.2, 0) is 0 Å². The molecule has 1 aromatic heterocycles. The van der Waals surface area contributed by atoms with Gasteiger partial charge in [0.25, 0.3) is 0 Å². The van der Waals surface area contributed by atoms with Crippen molar-refractivity contribution in [2.75, 3.05) is 6.54 Å². The lowest BCUT2D eigenvalue weighted by atomic mass is 10.1. The molecule has 0 aliphatic rings. The Labute approximate surface area is 119 Å². The monoisotopic (exact) mass is 353 g/mol. The number of nitrogens with two attached hydrogens (primary N) is 1. The molecule has 0 saturated heterocycles. The van der Waals surface area contributed by atoms with Crippen molar-refractivity contribution < 1.29 is 0 Å². The van der Waals surface area contributed by atoms with Crippen LogP contribution in [0.25, 0.3) is 0 Å². The van der Waals surface area contributed by atoms with Gasteiger partial charge in [0.05, 0.1) is 0 Å². The molecule has 5 heteroatoms. The molecule has 1 rings (SSSR count). The van der Waals surface area contributed by atoms with Gasteiger partial charge in [-0.1, -0.05) is 6.92 Å². The van der Waals surface area contributed by atoms with Gasteiger partial charge in [-0.2, -0.15) is 11.3 Å². The van der Waals surface area contributed by atoms with Gasteiger partial charge < -0.3 is 11.1 Å². The molecule has 16 heavy (non-hydrogen) atoms. The van der Waals surface area contributed by atoms with E-state index in [4.69, 9.17) is 5.73 Å². The van der Waals surface area contributed by atoms with Crippen molar-refractivity contribution >= 4 is 41.3 Å². The van der Waals surface area contributed by atoms with E-state index >= 15 is 0 Å². The van der Waals surface area contributed by atoms with Crippen molar-refractivity contribution in [3.8, 4) is 0 Å². The summed E-state index contributed by atoms with van der Waals surface area (Å²) in [4.78, 5) is 4.31. The maximum atomic E-state index is 5.72. The molecule has 0 fully saturated rings. The lowest BCUT2D eigenvalue weighted by Crippen LogP contribution is -2.37. The Morgan fingerprint density at radius 2 is 2.19 bits per heavy atom. The molecule has 1 unspecified atom stereocenters. The van der Waals surface area contributed by atoms with Crippen molar-refractivity contribution in [3.05, 3.63) is 22.4 Å². The Morgan fingerprint density at radius 1 is 1.50 bits per heavy atom. The summed E-state index contributed by atoms with van der Waals surface area (Å²) in [5, 5.41) is 7.32. The number of halogens is 1. The second-order valence-corrected chi connectivity index (χ2v) is 4.76. The molecule has 0 spiro atoms. The predicted octanol–water partition coefficient (Wildman–Crippen LogP) is 2.78. The minimum atomic E-state index is 0. The summed E-state index contributed by atoms with van der Waals surface area (Å²) in [6.07, 6.45) is 0. The van der Waals surface area contributed by atoms with E-state index in [2.05, 4.69) is 34.1 Å². The summed E-state index contributed by atoms with van der Waals surface area (Å²) in [7, 11) is 0. The van der Waals surface area contributed by atoms with E-state index in [1.165, 1.54) is 5.56 Å². The maximum Gasteiger partial charge on any atom is 0.188 e. The molecule has 0 aliphatic carbocycles. The van der Waals surface area contributed by atoms with Gasteiger partial charge in [-0.05, 0) is 36.2 Å². The highest BCUT2D eigenvalue weighted by molar-refractivity contribution is 14.0. The summed E-state index contributed by atoms with van der Waals surface area (Å²) in [5.41, 5.74) is 7.05. The Hall–Kier alpha value is -0.300. The molecule has 3 N–H and O–H groups in total. The average Bonchev–Trinajstić information content (AvgIpc) is 2.65. The summed E-state index contributed by atoms with van der Waals surface area (Å²) in [5.74, 6) is 0.968. The fourth-order valence-corrected chi connectivity index (χ4v) is 2.02. The molecular weight excluding hydrogens is 333 g/mol. The molecule has 0 aromatic carbocycles. The van der Waals surface area contributed by atoms with E-state index in [0.29, 0.717) is 17.9 Å². The molecular formula is C11H20IN3S. The molecule has 3 nitrogen and oxygen atoms in total. The zero-order valence-electron chi connectivity index (χ0n) is 9.93. The average molecular weight is 353 g/mol. The van der Waals surface area contributed by atoms with E-state index in [1.54, 1.807) is 11.3 Å². The van der Waals surface area contributed by atoms with Gasteiger partial charge in [0.1, 0.15) is 0 Å². The third-order valence-corrected chi connectivity index (χ3v) is 2.79. The predicted molar refractivity (Wildman–Crippen MR) is 82.9 cm³/mol. The number of nitrogens with zero attached hydrogens (tertiary/aromatic N) is 1. The normalized spacial score (nSPS) is 13.4. The fraction of sp³-hybridized carbons (Fsp3) is 0.545. The van der Waals surface area contributed by atoms with Gasteiger partial charge in [-0.15, -0.1) is 24.0 Å². The van der Waals surface area contributed by atoms with Crippen LogP contribution in [0.2, 0.25) is 0 Å². The second-order valence-electron chi connectivity index (χ2n) is 3.98. The molecule has 0 radical (unpaired) electrons. The van der Waals surface area contributed by atoms with Crippen LogP contribution in [0.3, 0.4) is 0 Å². The maximum absolute atomic E-state index is 5.72. The van der Waals surface area contributed by atoms with Gasteiger partial charge in [-0.25, -0.2) is 0 Å². The lowest BCUT2D eigenvalue weighted by molar-refractivity contribution is 0.712. The number of guanidine groups is 1. The van der Waals surface area contributed by atoms with Gasteiger partial charge in [0.2, 0.25) is 0 Å². The van der Waals surface area contributed by atoms with Crippen LogP contribution in [0.5, 0.6) is 0 Å². The molecule has 1 aromatic rings. The van der Waals surface area contributed by atoms with E-state index < -0.39 is 0 Å². The lowest BCUT2D eigenvalue weighted by Gasteiger charge is -2.10. The smallest absolute Gasteiger partial charge is 0.188 e. The highest BCUT2D eigenvalue weighted by Crippen LogP contribution is 2.17. The van der Waals surface area contributed by atoms with Crippen LogP contribution in [0.15, 0.2) is 21.8 Å². The first kappa shape index (κ1) is 15.7. The van der Waals surface area contributed by atoms with Crippen LogP contribution in [0.1, 0.15) is 32.3 Å². The Bertz CT molecular complexity index is 309. The zero-order valence-corrected chi connectivity index (χ0v) is 13.1. The topological polar surface area (TPSA) is 50.4 Å². The first-order valence-electron chi connectivity index (χ1n) is 5.18. The minimum Gasteiger partial charge on any atom is -0.370 e. The summed E-state index contributed by atoms with van der Waals surface area (Å²) in [6.45, 7) is 6.99. The second kappa shape index (κ2) is 7.89. The number of rotatable bonds is 4. The number of hydrogen-bond acceptors (Lipinski definition) is 2. The number of thiophene rings is 1. The van der Waals surface area contributed by atoms with Gasteiger partial charge in [0, 0.05) is 18.5 Å². The molecule has 0 amide bonds. The molecule has 1 atom stereocenters. The van der Waals surface area contributed by atoms with Gasteiger partial charge >= 0.3 is 0 Å². The van der Waals surface area contributed by atoms with Crippen LogP contribution in [0.4, 0.5) is 0 Å². The zero-order chi connectivity index (χ0) is 11.3. The standard InChI is InChI=1S/C11H19N3S.HI/c1-8(2)14-11(12)13-6-9(3)10-4-5-15-7-10;/h4-5,7-9H,6H2,1-3H3,(H3,12,13,14);1H. The quantitative estimate of drug-likeness (QED) is 0.497. The van der Waals surface area contributed by atoms with Crippen molar-refractivity contribution in [3.63, 3.8) is 0 Å². The molecule has 1 heterocycles. The van der Waals surface area contributed by atoms with Crippen molar-refractivity contribution in [2.24, 2.45) is 10.7 Å². The summed E-state index contributed by atoms with van der Waals surface area (Å²) >= 11 is 1.72. The van der Waals surface area contributed by atoms with Crippen molar-refractivity contribution in [1.29, 1.82) is 0 Å². The fourth-order valence-electron chi connectivity index (χ4n) is 1.24. The van der Waals surface area contributed by atoms with Gasteiger partial charge in [0.15, 0.2) is 5.96 Å². The van der Waals surface area contributed by atoms with Gasteiger partial charge in [-0.3, -0.25) is 4.99 Å². The first-order valence-corrected chi connectivity index (χ1v) is 6.12.